The summed E-state index contributed by atoms with van der Waals surface area (Å²) in [6, 6.07) is 0.653. The normalized spacial score (nSPS) is 26.4. The second-order valence-corrected chi connectivity index (χ2v) is 4.86. The zero-order valence-corrected chi connectivity index (χ0v) is 10.1. The molecule has 0 saturated carbocycles. The summed E-state index contributed by atoms with van der Waals surface area (Å²) in [6.07, 6.45) is 4.05. The summed E-state index contributed by atoms with van der Waals surface area (Å²) in [6.45, 7) is 11.9. The molecule has 1 heterocycles. The maximum atomic E-state index is 3.55. The Kier molecular flexibility index (Phi) is 5.49. The van der Waals surface area contributed by atoms with Crippen LogP contribution in [0, 0.1) is 5.92 Å². The second kappa shape index (κ2) is 6.41. The van der Waals surface area contributed by atoms with Crippen LogP contribution in [0.1, 0.15) is 40.0 Å². The van der Waals surface area contributed by atoms with Gasteiger partial charge in [-0.15, -0.1) is 0 Å². The molecule has 0 aliphatic carbocycles. The molecule has 14 heavy (non-hydrogen) atoms. The van der Waals surface area contributed by atoms with Crippen LogP contribution in [0.25, 0.3) is 0 Å². The molecule has 0 aromatic rings. The lowest BCUT2D eigenvalue weighted by atomic mass is 10.00. The van der Waals surface area contributed by atoms with Crippen LogP contribution in [0.4, 0.5) is 0 Å². The van der Waals surface area contributed by atoms with Gasteiger partial charge in [0.2, 0.25) is 0 Å². The van der Waals surface area contributed by atoms with Gasteiger partial charge in [0, 0.05) is 19.1 Å². The van der Waals surface area contributed by atoms with Crippen molar-refractivity contribution in [3.63, 3.8) is 0 Å². The SMILES string of the molecule is CCCNC(C)CN1CCCC(C)C1. The first-order valence-electron chi connectivity index (χ1n) is 6.18. The van der Waals surface area contributed by atoms with Gasteiger partial charge in [0.1, 0.15) is 0 Å². The Hall–Kier alpha value is -0.0800. The smallest absolute Gasteiger partial charge is 0.0166 e. The highest BCUT2D eigenvalue weighted by atomic mass is 15.2. The fourth-order valence-electron chi connectivity index (χ4n) is 2.30. The van der Waals surface area contributed by atoms with E-state index in [0.29, 0.717) is 6.04 Å². The minimum atomic E-state index is 0.653. The molecule has 84 valence electrons. The number of nitrogens with one attached hydrogen (secondary N) is 1. The van der Waals surface area contributed by atoms with Crippen molar-refractivity contribution in [2.75, 3.05) is 26.2 Å². The van der Waals surface area contributed by atoms with Crippen molar-refractivity contribution < 1.29 is 0 Å². The van der Waals surface area contributed by atoms with Crippen LogP contribution in [0.3, 0.4) is 0 Å². The molecule has 1 N–H and O–H groups in total. The summed E-state index contributed by atoms with van der Waals surface area (Å²) >= 11 is 0. The van der Waals surface area contributed by atoms with E-state index in [1.165, 1.54) is 38.9 Å². The van der Waals surface area contributed by atoms with Gasteiger partial charge in [0.05, 0.1) is 0 Å². The molecule has 0 aromatic heterocycles. The van der Waals surface area contributed by atoms with E-state index in [1.807, 2.05) is 0 Å². The third-order valence-corrected chi connectivity index (χ3v) is 3.02. The molecule has 0 bridgehead atoms. The van der Waals surface area contributed by atoms with E-state index in [9.17, 15) is 0 Å². The van der Waals surface area contributed by atoms with Crippen LogP contribution in [0.2, 0.25) is 0 Å². The van der Waals surface area contributed by atoms with Gasteiger partial charge in [-0.05, 0) is 45.2 Å². The molecule has 1 fully saturated rings. The Balaban J connectivity index is 2.15. The summed E-state index contributed by atoms with van der Waals surface area (Å²) in [4.78, 5) is 2.61. The van der Waals surface area contributed by atoms with E-state index in [2.05, 4.69) is 31.0 Å². The van der Waals surface area contributed by atoms with Crippen LogP contribution in [-0.2, 0) is 0 Å². The Labute approximate surface area is 89.1 Å². The molecule has 1 aliphatic rings. The lowest BCUT2D eigenvalue weighted by Crippen LogP contribution is -2.43. The Morgan fingerprint density at radius 1 is 1.50 bits per heavy atom. The molecule has 2 nitrogen and oxygen atoms in total. The van der Waals surface area contributed by atoms with Crippen LogP contribution in [-0.4, -0.2) is 37.1 Å². The van der Waals surface area contributed by atoms with E-state index in [0.717, 1.165) is 12.5 Å². The molecule has 0 aromatic carbocycles. The number of likely N-dealkylation sites (tertiary alicyclic amines) is 1. The average molecular weight is 198 g/mol. The van der Waals surface area contributed by atoms with E-state index in [-0.39, 0.29) is 0 Å². The molecule has 0 radical (unpaired) electrons. The fraction of sp³-hybridized carbons (Fsp3) is 1.00. The van der Waals surface area contributed by atoms with E-state index >= 15 is 0 Å². The highest BCUT2D eigenvalue weighted by Crippen LogP contribution is 2.15. The number of piperidine rings is 1. The Morgan fingerprint density at radius 2 is 2.29 bits per heavy atom. The molecule has 0 spiro atoms. The standard InChI is InChI=1S/C12H26N2/c1-4-7-13-12(3)10-14-8-5-6-11(2)9-14/h11-13H,4-10H2,1-3H3. The fourth-order valence-corrected chi connectivity index (χ4v) is 2.30. The van der Waals surface area contributed by atoms with Gasteiger partial charge in [0.25, 0.3) is 0 Å². The van der Waals surface area contributed by atoms with E-state index < -0.39 is 0 Å². The maximum Gasteiger partial charge on any atom is 0.0166 e. The van der Waals surface area contributed by atoms with Crippen molar-refractivity contribution in [1.29, 1.82) is 0 Å². The summed E-state index contributed by atoms with van der Waals surface area (Å²) in [5, 5.41) is 3.55. The van der Waals surface area contributed by atoms with Gasteiger partial charge >= 0.3 is 0 Å². The molecular weight excluding hydrogens is 172 g/mol. The van der Waals surface area contributed by atoms with Crippen LogP contribution >= 0.6 is 0 Å². The van der Waals surface area contributed by atoms with E-state index in [4.69, 9.17) is 0 Å². The molecule has 1 saturated heterocycles. The first kappa shape index (κ1) is 12.0. The van der Waals surface area contributed by atoms with Crippen molar-refractivity contribution in [2.24, 2.45) is 5.92 Å². The van der Waals surface area contributed by atoms with Gasteiger partial charge in [-0.2, -0.15) is 0 Å². The minimum absolute atomic E-state index is 0.653. The van der Waals surface area contributed by atoms with Crippen LogP contribution in [0.15, 0.2) is 0 Å². The molecule has 2 unspecified atom stereocenters. The van der Waals surface area contributed by atoms with Crippen molar-refractivity contribution in [3.8, 4) is 0 Å². The quantitative estimate of drug-likeness (QED) is 0.728. The third-order valence-electron chi connectivity index (χ3n) is 3.02. The second-order valence-electron chi connectivity index (χ2n) is 4.86. The van der Waals surface area contributed by atoms with Crippen molar-refractivity contribution >= 4 is 0 Å². The molecular formula is C12H26N2. The number of nitrogens with zero attached hydrogens (tertiary/aromatic N) is 1. The number of hydrogen-bond donors (Lipinski definition) is 1. The number of hydrogen-bond acceptors (Lipinski definition) is 2. The molecule has 1 rings (SSSR count). The van der Waals surface area contributed by atoms with Gasteiger partial charge in [-0.3, -0.25) is 0 Å². The van der Waals surface area contributed by atoms with Crippen molar-refractivity contribution in [3.05, 3.63) is 0 Å². The first-order valence-corrected chi connectivity index (χ1v) is 6.18. The third kappa shape index (κ3) is 4.43. The molecule has 2 atom stereocenters. The monoisotopic (exact) mass is 198 g/mol. The number of rotatable bonds is 5. The van der Waals surface area contributed by atoms with Crippen molar-refractivity contribution in [1.82, 2.24) is 10.2 Å². The average Bonchev–Trinajstić information content (AvgIpc) is 2.15. The Bertz CT molecular complexity index is 147. The molecule has 0 amide bonds. The van der Waals surface area contributed by atoms with Gasteiger partial charge in [0.15, 0.2) is 0 Å². The summed E-state index contributed by atoms with van der Waals surface area (Å²) in [5.41, 5.74) is 0. The summed E-state index contributed by atoms with van der Waals surface area (Å²) in [7, 11) is 0. The van der Waals surface area contributed by atoms with Crippen molar-refractivity contribution in [2.45, 2.75) is 46.1 Å². The lowest BCUT2D eigenvalue weighted by Gasteiger charge is -2.32. The van der Waals surface area contributed by atoms with Gasteiger partial charge < -0.3 is 10.2 Å². The summed E-state index contributed by atoms with van der Waals surface area (Å²) in [5.74, 6) is 0.905. The highest BCUT2D eigenvalue weighted by Gasteiger charge is 2.17. The first-order chi connectivity index (χ1) is 6.72. The molecule has 1 aliphatic heterocycles. The lowest BCUT2D eigenvalue weighted by molar-refractivity contribution is 0.170. The summed E-state index contributed by atoms with van der Waals surface area (Å²) < 4.78 is 0. The van der Waals surface area contributed by atoms with Crippen LogP contribution < -0.4 is 5.32 Å². The van der Waals surface area contributed by atoms with Gasteiger partial charge in [-0.25, -0.2) is 0 Å². The maximum absolute atomic E-state index is 3.55. The molecule has 2 heteroatoms. The van der Waals surface area contributed by atoms with E-state index in [1.54, 1.807) is 0 Å². The predicted octanol–water partition coefficient (Wildman–Crippen LogP) is 2.11. The van der Waals surface area contributed by atoms with Gasteiger partial charge in [-0.1, -0.05) is 13.8 Å². The van der Waals surface area contributed by atoms with Crippen LogP contribution in [0.5, 0.6) is 0 Å². The zero-order chi connectivity index (χ0) is 10.4. The topological polar surface area (TPSA) is 15.3 Å². The Morgan fingerprint density at radius 3 is 2.93 bits per heavy atom. The predicted molar refractivity (Wildman–Crippen MR) is 62.6 cm³/mol. The highest BCUT2D eigenvalue weighted by molar-refractivity contribution is 4.73. The largest absolute Gasteiger partial charge is 0.313 e. The minimum Gasteiger partial charge on any atom is -0.313 e. The zero-order valence-electron chi connectivity index (χ0n) is 10.1.